The number of nitrogens with two attached hydrogens (primary N) is 1. The molecule has 0 atom stereocenters. The first-order valence-corrected chi connectivity index (χ1v) is 4.94. The van der Waals surface area contributed by atoms with Crippen molar-refractivity contribution in [1.29, 1.82) is 0 Å². The summed E-state index contributed by atoms with van der Waals surface area (Å²) in [6.07, 6.45) is 0. The standard InChI is InChI=1S/C5H8N6O2S2/c6-9-2(12)1-7-3(13)8-4-10-11-5(14)15-4/h1,6H2,(H,9,12)(H,11,14)(H2,7,8,10,13). The molecule has 1 rings (SSSR count). The second-order valence-corrected chi connectivity index (χ2v) is 3.96. The number of aromatic amines is 1. The molecule has 0 aliphatic rings. The highest BCUT2D eigenvalue weighted by molar-refractivity contribution is 7.73. The lowest BCUT2D eigenvalue weighted by molar-refractivity contribution is -0.120. The van der Waals surface area contributed by atoms with Gasteiger partial charge in [0.15, 0.2) is 3.95 Å². The van der Waals surface area contributed by atoms with Gasteiger partial charge in [0.1, 0.15) is 0 Å². The largest absolute Gasteiger partial charge is 0.329 e. The smallest absolute Gasteiger partial charge is 0.321 e. The van der Waals surface area contributed by atoms with Crippen molar-refractivity contribution >= 4 is 40.6 Å². The Morgan fingerprint density at radius 2 is 2.33 bits per heavy atom. The summed E-state index contributed by atoms with van der Waals surface area (Å²) in [4.78, 5) is 21.8. The number of nitrogens with one attached hydrogen (secondary N) is 4. The van der Waals surface area contributed by atoms with Gasteiger partial charge in [-0.1, -0.05) is 11.3 Å². The molecule has 0 saturated carbocycles. The van der Waals surface area contributed by atoms with Crippen LogP contribution in [0.2, 0.25) is 0 Å². The van der Waals surface area contributed by atoms with Crippen molar-refractivity contribution in [2.24, 2.45) is 5.84 Å². The Bertz CT molecular complexity index is 412. The minimum Gasteiger partial charge on any atom is -0.329 e. The van der Waals surface area contributed by atoms with Gasteiger partial charge in [0, 0.05) is 0 Å². The van der Waals surface area contributed by atoms with E-state index in [9.17, 15) is 9.59 Å². The highest BCUT2D eigenvalue weighted by atomic mass is 32.1. The number of hydrogen-bond donors (Lipinski definition) is 5. The van der Waals surface area contributed by atoms with Crippen LogP contribution in [-0.2, 0) is 4.79 Å². The van der Waals surface area contributed by atoms with Gasteiger partial charge in [-0.15, -0.1) is 5.10 Å². The molecule has 0 aliphatic carbocycles. The summed E-state index contributed by atoms with van der Waals surface area (Å²) >= 11 is 5.87. The first kappa shape index (κ1) is 11.6. The Morgan fingerprint density at radius 1 is 1.60 bits per heavy atom. The van der Waals surface area contributed by atoms with Crippen molar-refractivity contribution in [3.8, 4) is 0 Å². The molecule has 6 N–H and O–H groups in total. The molecule has 8 nitrogen and oxygen atoms in total. The summed E-state index contributed by atoms with van der Waals surface area (Å²) < 4.78 is 0.449. The van der Waals surface area contributed by atoms with E-state index in [2.05, 4.69) is 20.8 Å². The van der Waals surface area contributed by atoms with Gasteiger partial charge < -0.3 is 5.32 Å². The number of urea groups is 1. The van der Waals surface area contributed by atoms with E-state index in [1.54, 1.807) is 0 Å². The fraction of sp³-hybridized carbons (Fsp3) is 0.200. The van der Waals surface area contributed by atoms with Gasteiger partial charge in [-0.25, -0.2) is 10.6 Å². The Labute approximate surface area is 93.2 Å². The van der Waals surface area contributed by atoms with Crippen LogP contribution in [0.15, 0.2) is 0 Å². The molecule has 0 spiro atoms. The molecule has 0 fully saturated rings. The summed E-state index contributed by atoms with van der Waals surface area (Å²) in [6.45, 7) is -0.210. The van der Waals surface area contributed by atoms with Crippen molar-refractivity contribution < 1.29 is 9.59 Å². The molecule has 10 heteroatoms. The van der Waals surface area contributed by atoms with Gasteiger partial charge in [0.25, 0.3) is 5.91 Å². The predicted molar refractivity (Wildman–Crippen MR) is 56.7 cm³/mol. The average molecular weight is 248 g/mol. The fourth-order valence-electron chi connectivity index (χ4n) is 0.636. The van der Waals surface area contributed by atoms with E-state index in [0.29, 0.717) is 9.09 Å². The molecule has 3 amide bonds. The van der Waals surface area contributed by atoms with Gasteiger partial charge in [-0.05, 0) is 12.2 Å². The van der Waals surface area contributed by atoms with Gasteiger partial charge in [-0.2, -0.15) is 0 Å². The van der Waals surface area contributed by atoms with Gasteiger partial charge in [0.2, 0.25) is 5.13 Å². The van der Waals surface area contributed by atoms with Crippen LogP contribution in [0.25, 0.3) is 0 Å². The maximum absolute atomic E-state index is 11.1. The number of hydrogen-bond acceptors (Lipinski definition) is 6. The first-order chi connectivity index (χ1) is 7.11. The van der Waals surface area contributed by atoms with Crippen LogP contribution in [0.1, 0.15) is 0 Å². The van der Waals surface area contributed by atoms with Crippen molar-refractivity contribution in [1.82, 2.24) is 20.9 Å². The third-order valence-corrected chi connectivity index (χ3v) is 2.23. The molecule has 0 bridgehead atoms. The minimum absolute atomic E-state index is 0.210. The molecule has 1 aromatic rings. The zero-order valence-corrected chi connectivity index (χ0v) is 9.00. The maximum atomic E-state index is 11.1. The highest BCUT2D eigenvalue weighted by Gasteiger charge is 2.05. The summed E-state index contributed by atoms with van der Waals surface area (Å²) in [6, 6.07) is -0.559. The number of nitrogens with zero attached hydrogens (tertiary/aromatic N) is 1. The quantitative estimate of drug-likeness (QED) is 0.209. The number of rotatable bonds is 3. The summed E-state index contributed by atoms with van der Waals surface area (Å²) in [5, 5.41) is 11.2. The summed E-state index contributed by atoms with van der Waals surface area (Å²) in [5.74, 6) is 4.31. The van der Waals surface area contributed by atoms with Crippen molar-refractivity contribution in [3.05, 3.63) is 3.95 Å². The summed E-state index contributed by atoms with van der Waals surface area (Å²) in [5.41, 5.74) is 1.87. The lowest BCUT2D eigenvalue weighted by atomic mass is 10.6. The summed E-state index contributed by atoms with van der Waals surface area (Å²) in [7, 11) is 0. The number of anilines is 1. The van der Waals surface area contributed by atoms with Crippen LogP contribution >= 0.6 is 23.6 Å². The van der Waals surface area contributed by atoms with Crippen LogP contribution in [0, 0.1) is 3.95 Å². The van der Waals surface area contributed by atoms with Crippen LogP contribution in [0.4, 0.5) is 9.93 Å². The lowest BCUT2D eigenvalue weighted by Gasteiger charge is -2.03. The van der Waals surface area contributed by atoms with E-state index in [-0.39, 0.29) is 6.54 Å². The number of amides is 3. The number of carbonyl (C=O) groups is 2. The van der Waals surface area contributed by atoms with E-state index in [1.807, 2.05) is 5.43 Å². The zero-order chi connectivity index (χ0) is 11.3. The SMILES string of the molecule is NNC(=O)CNC(=O)Nc1n[nH]c(=S)s1. The molecule has 0 aliphatic heterocycles. The molecule has 0 saturated heterocycles. The van der Waals surface area contributed by atoms with E-state index in [4.69, 9.17) is 18.1 Å². The van der Waals surface area contributed by atoms with Gasteiger partial charge in [-0.3, -0.25) is 20.6 Å². The zero-order valence-electron chi connectivity index (χ0n) is 7.36. The molecular weight excluding hydrogens is 240 g/mol. The van der Waals surface area contributed by atoms with Crippen molar-refractivity contribution in [3.63, 3.8) is 0 Å². The molecule has 1 aromatic heterocycles. The second kappa shape index (κ2) is 5.38. The first-order valence-electron chi connectivity index (χ1n) is 3.71. The number of hydrazine groups is 1. The van der Waals surface area contributed by atoms with Crippen molar-refractivity contribution in [2.45, 2.75) is 0 Å². The third-order valence-electron chi connectivity index (χ3n) is 1.23. The second-order valence-electron chi connectivity index (χ2n) is 2.29. The number of aromatic nitrogens is 2. The molecule has 1 heterocycles. The predicted octanol–water partition coefficient (Wildman–Crippen LogP) is -0.688. The molecule has 0 unspecified atom stereocenters. The van der Waals surface area contributed by atoms with E-state index < -0.39 is 11.9 Å². The Balaban J connectivity index is 2.36. The van der Waals surface area contributed by atoms with E-state index in [1.165, 1.54) is 0 Å². The minimum atomic E-state index is -0.559. The van der Waals surface area contributed by atoms with Crippen LogP contribution < -0.4 is 21.9 Å². The van der Waals surface area contributed by atoms with Crippen molar-refractivity contribution in [2.75, 3.05) is 11.9 Å². The number of carbonyl (C=O) groups excluding carboxylic acids is 2. The van der Waals surface area contributed by atoms with Crippen LogP contribution in [0.3, 0.4) is 0 Å². The molecule has 0 aromatic carbocycles. The Hall–Kier alpha value is -1.52. The Kier molecular flexibility index (Phi) is 4.15. The molecule has 82 valence electrons. The normalized spacial score (nSPS) is 9.40. The van der Waals surface area contributed by atoms with E-state index in [0.717, 1.165) is 11.3 Å². The monoisotopic (exact) mass is 248 g/mol. The van der Waals surface area contributed by atoms with Crippen LogP contribution in [0.5, 0.6) is 0 Å². The molecule has 0 radical (unpaired) electrons. The third kappa shape index (κ3) is 4.01. The topological polar surface area (TPSA) is 125 Å². The maximum Gasteiger partial charge on any atom is 0.321 e. The highest BCUT2D eigenvalue weighted by Crippen LogP contribution is 2.09. The average Bonchev–Trinajstić information content (AvgIpc) is 2.60. The number of H-pyrrole nitrogens is 1. The Morgan fingerprint density at radius 3 is 2.87 bits per heavy atom. The van der Waals surface area contributed by atoms with Gasteiger partial charge >= 0.3 is 6.03 Å². The molecular formula is C5H8N6O2S2. The lowest BCUT2D eigenvalue weighted by Crippen LogP contribution is -2.41. The fourth-order valence-corrected chi connectivity index (χ4v) is 1.42. The van der Waals surface area contributed by atoms with Crippen LogP contribution in [-0.4, -0.2) is 28.7 Å². The van der Waals surface area contributed by atoms with E-state index >= 15 is 0 Å². The van der Waals surface area contributed by atoms with Gasteiger partial charge in [0.05, 0.1) is 6.54 Å². The molecule has 15 heavy (non-hydrogen) atoms.